The normalized spacial score (nSPS) is 10.0. The molecule has 5 heteroatoms. The van der Waals surface area contributed by atoms with Gasteiger partial charge in [-0.25, -0.2) is 0 Å². The van der Waals surface area contributed by atoms with Gasteiger partial charge in [0, 0.05) is 16.7 Å². The maximum Gasteiger partial charge on any atom is 0.253 e. The smallest absolute Gasteiger partial charge is 0.253 e. The van der Waals surface area contributed by atoms with E-state index in [1.165, 1.54) is 26.4 Å². The second kappa shape index (κ2) is 6.41. The van der Waals surface area contributed by atoms with Crippen molar-refractivity contribution < 1.29 is 19.1 Å². The summed E-state index contributed by atoms with van der Waals surface area (Å²) in [5.74, 6) is 0.394. The Morgan fingerprint density at radius 2 is 1.43 bits per heavy atom. The summed E-state index contributed by atoms with van der Waals surface area (Å²) in [6.45, 7) is 0. The van der Waals surface area contributed by atoms with Gasteiger partial charge < -0.3 is 9.47 Å². The molecular weight excluding hydrogens is 292 g/mol. The first-order valence-corrected chi connectivity index (χ1v) is 6.52. The first-order valence-electron chi connectivity index (χ1n) is 6.14. The number of benzene rings is 2. The first kappa shape index (κ1) is 15.1. The van der Waals surface area contributed by atoms with Gasteiger partial charge in [0.1, 0.15) is 0 Å². The molecule has 0 aliphatic heterocycles. The molecule has 0 aliphatic rings. The lowest BCUT2D eigenvalue weighted by atomic mass is 9.98. The molecule has 0 amide bonds. The van der Waals surface area contributed by atoms with Crippen LogP contribution in [0.5, 0.6) is 11.5 Å². The van der Waals surface area contributed by atoms with Gasteiger partial charge in [-0.05, 0) is 23.7 Å². The number of halogens is 1. The number of carbonyl (C=O) groups is 2. The monoisotopic (exact) mass is 304 g/mol. The van der Waals surface area contributed by atoms with Crippen LogP contribution in [0.4, 0.5) is 0 Å². The Kier molecular flexibility index (Phi) is 4.60. The Hall–Kier alpha value is -2.33. The molecule has 0 aromatic heterocycles. The molecule has 0 saturated carbocycles. The number of rotatable bonds is 5. The van der Waals surface area contributed by atoms with Crippen LogP contribution >= 0.6 is 11.6 Å². The van der Waals surface area contributed by atoms with Crippen molar-refractivity contribution in [1.82, 2.24) is 0 Å². The van der Waals surface area contributed by atoms with Crippen molar-refractivity contribution in [2.24, 2.45) is 0 Å². The second-order valence-electron chi connectivity index (χ2n) is 4.22. The first-order chi connectivity index (χ1) is 10.1. The molecular formula is C16H13ClO4. The van der Waals surface area contributed by atoms with Gasteiger partial charge in [-0.3, -0.25) is 9.59 Å². The lowest BCUT2D eigenvalue weighted by Crippen LogP contribution is -2.08. The van der Waals surface area contributed by atoms with Gasteiger partial charge in [0.2, 0.25) is 0 Å². The molecule has 0 spiro atoms. The van der Waals surface area contributed by atoms with Gasteiger partial charge in [-0.1, -0.05) is 30.3 Å². The third kappa shape index (κ3) is 3.06. The summed E-state index contributed by atoms with van der Waals surface area (Å²) in [5, 5.41) is -0.727. The fourth-order valence-electron chi connectivity index (χ4n) is 1.97. The minimum absolute atomic E-state index is 0.0863. The number of hydrogen-bond acceptors (Lipinski definition) is 4. The maximum atomic E-state index is 12.5. The second-order valence-corrected chi connectivity index (χ2v) is 4.56. The number of methoxy groups -OCH3 is 2. The molecule has 0 N–H and O–H groups in total. The van der Waals surface area contributed by atoms with E-state index >= 15 is 0 Å². The van der Waals surface area contributed by atoms with E-state index in [0.717, 1.165) is 0 Å². The van der Waals surface area contributed by atoms with Crippen molar-refractivity contribution in [3.05, 3.63) is 59.2 Å². The molecule has 2 rings (SSSR count). The Labute approximate surface area is 127 Å². The summed E-state index contributed by atoms with van der Waals surface area (Å²) in [7, 11) is 2.90. The molecule has 0 radical (unpaired) electrons. The summed E-state index contributed by atoms with van der Waals surface area (Å²) in [6, 6.07) is 11.5. The number of ketones is 1. The van der Waals surface area contributed by atoms with Crippen LogP contribution in [0.15, 0.2) is 42.5 Å². The zero-order valence-electron chi connectivity index (χ0n) is 11.6. The maximum absolute atomic E-state index is 12.5. The van der Waals surface area contributed by atoms with E-state index in [4.69, 9.17) is 21.1 Å². The van der Waals surface area contributed by atoms with E-state index < -0.39 is 5.24 Å². The Morgan fingerprint density at radius 1 is 0.905 bits per heavy atom. The van der Waals surface area contributed by atoms with Gasteiger partial charge in [-0.15, -0.1) is 0 Å². The van der Waals surface area contributed by atoms with Crippen molar-refractivity contribution in [2.45, 2.75) is 0 Å². The Morgan fingerprint density at radius 3 is 1.90 bits per heavy atom. The predicted molar refractivity (Wildman–Crippen MR) is 79.6 cm³/mol. The van der Waals surface area contributed by atoms with Gasteiger partial charge in [0.05, 0.1) is 14.2 Å². The van der Waals surface area contributed by atoms with Crippen LogP contribution in [-0.4, -0.2) is 25.2 Å². The zero-order chi connectivity index (χ0) is 15.4. The molecule has 108 valence electrons. The van der Waals surface area contributed by atoms with Gasteiger partial charge in [-0.2, -0.15) is 0 Å². The van der Waals surface area contributed by atoms with Crippen molar-refractivity contribution in [3.8, 4) is 11.5 Å². The quantitative estimate of drug-likeness (QED) is 0.628. The third-order valence-corrected chi connectivity index (χ3v) is 3.22. The summed E-state index contributed by atoms with van der Waals surface area (Å²) >= 11 is 5.58. The minimum Gasteiger partial charge on any atom is -0.493 e. The fraction of sp³-hybridized carbons (Fsp3) is 0.125. The largest absolute Gasteiger partial charge is 0.493 e. The van der Waals surface area contributed by atoms with E-state index in [2.05, 4.69) is 0 Å². The molecule has 0 fully saturated rings. The summed E-state index contributed by atoms with van der Waals surface area (Å²) in [5.41, 5.74) is 0.728. The highest BCUT2D eigenvalue weighted by Crippen LogP contribution is 2.32. The molecule has 0 saturated heterocycles. The predicted octanol–water partition coefficient (Wildman–Crippen LogP) is 3.31. The third-order valence-electron chi connectivity index (χ3n) is 3.02. The molecule has 0 aliphatic carbocycles. The van der Waals surface area contributed by atoms with Crippen LogP contribution < -0.4 is 9.47 Å². The van der Waals surface area contributed by atoms with E-state index in [1.807, 2.05) is 0 Å². The molecule has 0 heterocycles. The van der Waals surface area contributed by atoms with E-state index in [9.17, 15) is 9.59 Å². The number of carbonyl (C=O) groups excluding carboxylic acids is 2. The van der Waals surface area contributed by atoms with Crippen molar-refractivity contribution in [2.75, 3.05) is 14.2 Å². The van der Waals surface area contributed by atoms with Crippen LogP contribution in [-0.2, 0) is 0 Å². The summed E-state index contributed by atoms with van der Waals surface area (Å²) < 4.78 is 10.3. The molecule has 0 bridgehead atoms. The van der Waals surface area contributed by atoms with Crippen molar-refractivity contribution >= 4 is 22.6 Å². The van der Waals surface area contributed by atoms with Gasteiger partial charge >= 0.3 is 0 Å². The average Bonchev–Trinajstić information content (AvgIpc) is 2.53. The average molecular weight is 305 g/mol. The van der Waals surface area contributed by atoms with E-state index in [1.54, 1.807) is 30.3 Å². The lowest BCUT2D eigenvalue weighted by molar-refractivity contribution is 0.102. The fourth-order valence-corrected chi connectivity index (χ4v) is 2.13. The highest BCUT2D eigenvalue weighted by atomic mass is 35.5. The van der Waals surface area contributed by atoms with Gasteiger partial charge in [0.15, 0.2) is 17.3 Å². The van der Waals surface area contributed by atoms with Crippen LogP contribution in [0.2, 0.25) is 0 Å². The highest BCUT2D eigenvalue weighted by Gasteiger charge is 2.21. The highest BCUT2D eigenvalue weighted by molar-refractivity contribution is 6.68. The Bertz CT molecular complexity index is 680. The topological polar surface area (TPSA) is 52.6 Å². The molecule has 2 aromatic carbocycles. The number of ether oxygens (including phenoxy) is 2. The molecule has 2 aromatic rings. The van der Waals surface area contributed by atoms with Crippen LogP contribution in [0, 0.1) is 0 Å². The van der Waals surface area contributed by atoms with Crippen LogP contribution in [0.1, 0.15) is 26.3 Å². The molecule has 4 nitrogen and oxygen atoms in total. The van der Waals surface area contributed by atoms with Crippen molar-refractivity contribution in [1.29, 1.82) is 0 Å². The zero-order valence-corrected chi connectivity index (χ0v) is 12.3. The minimum atomic E-state index is -0.727. The lowest BCUT2D eigenvalue weighted by Gasteiger charge is -2.12. The molecule has 0 atom stereocenters. The standard InChI is InChI=1S/C16H13ClO4/c1-20-13-8-11(12(16(17)19)9-14(13)21-2)15(18)10-6-4-3-5-7-10/h3-9H,1-2H3. The summed E-state index contributed by atoms with van der Waals surface area (Å²) in [4.78, 5) is 24.1. The van der Waals surface area contributed by atoms with Crippen LogP contribution in [0.3, 0.4) is 0 Å². The number of hydrogen-bond donors (Lipinski definition) is 0. The van der Waals surface area contributed by atoms with E-state index in [-0.39, 0.29) is 16.9 Å². The Balaban J connectivity index is 2.61. The molecule has 21 heavy (non-hydrogen) atoms. The SMILES string of the molecule is COc1cc(C(=O)Cl)c(C(=O)c2ccccc2)cc1OC. The van der Waals surface area contributed by atoms with Crippen LogP contribution in [0.25, 0.3) is 0 Å². The van der Waals surface area contributed by atoms with Crippen molar-refractivity contribution in [3.63, 3.8) is 0 Å². The molecule has 0 unspecified atom stereocenters. The van der Waals surface area contributed by atoms with E-state index in [0.29, 0.717) is 17.1 Å². The van der Waals surface area contributed by atoms with Gasteiger partial charge in [0.25, 0.3) is 5.24 Å². The summed E-state index contributed by atoms with van der Waals surface area (Å²) in [6.07, 6.45) is 0.